The molecule has 1 saturated heterocycles. The van der Waals surface area contributed by atoms with Crippen molar-refractivity contribution in [2.75, 3.05) is 39.8 Å². The maximum atomic E-state index is 13.1. The van der Waals surface area contributed by atoms with Gasteiger partial charge in [-0.2, -0.15) is 0 Å². The second kappa shape index (κ2) is 9.33. The van der Waals surface area contributed by atoms with Crippen LogP contribution in [-0.4, -0.2) is 66.4 Å². The van der Waals surface area contributed by atoms with Crippen LogP contribution in [0.4, 0.5) is 4.39 Å². The summed E-state index contributed by atoms with van der Waals surface area (Å²) in [6, 6.07) is 6.61. The van der Waals surface area contributed by atoms with Crippen molar-refractivity contribution in [3.63, 3.8) is 0 Å². The normalized spacial score (nSPS) is 15.9. The number of carbonyl (C=O) groups is 2. The lowest BCUT2D eigenvalue weighted by atomic mass is 10.1. The molecule has 1 aromatic carbocycles. The number of aromatic amines is 1. The molecule has 7 heteroatoms. The fraction of sp³-hybridized carbons (Fsp3) is 0.455. The van der Waals surface area contributed by atoms with Gasteiger partial charge in [0.2, 0.25) is 0 Å². The summed E-state index contributed by atoms with van der Waals surface area (Å²) in [5.41, 5.74) is 3.31. The van der Waals surface area contributed by atoms with Crippen molar-refractivity contribution in [2.24, 2.45) is 0 Å². The van der Waals surface area contributed by atoms with E-state index in [4.69, 9.17) is 4.74 Å². The predicted molar refractivity (Wildman–Crippen MR) is 109 cm³/mol. The smallest absolute Gasteiger partial charge is 0.339 e. The van der Waals surface area contributed by atoms with Gasteiger partial charge in [-0.1, -0.05) is 12.1 Å². The Labute approximate surface area is 170 Å². The Morgan fingerprint density at radius 1 is 1.07 bits per heavy atom. The number of aromatic nitrogens is 1. The number of esters is 1. The molecule has 0 radical (unpaired) electrons. The number of aryl methyl sites for hydroxylation is 1. The third kappa shape index (κ3) is 5.10. The van der Waals surface area contributed by atoms with Gasteiger partial charge in [0.25, 0.3) is 0 Å². The molecule has 0 saturated carbocycles. The van der Waals surface area contributed by atoms with Gasteiger partial charge in [0, 0.05) is 25.3 Å². The van der Waals surface area contributed by atoms with E-state index in [1.54, 1.807) is 13.8 Å². The number of nitrogens with one attached hydrogen (secondary N) is 1. The first-order chi connectivity index (χ1) is 13.9. The van der Waals surface area contributed by atoms with Crippen molar-refractivity contribution >= 4 is 11.8 Å². The van der Waals surface area contributed by atoms with Crippen molar-refractivity contribution in [1.29, 1.82) is 0 Å². The first-order valence-electron chi connectivity index (χ1n) is 9.89. The number of ether oxygens (including phenoxy) is 1. The number of hydrogen-bond donors (Lipinski definition) is 1. The molecule has 1 aliphatic heterocycles. The average Bonchev–Trinajstić information content (AvgIpc) is 2.85. The van der Waals surface area contributed by atoms with E-state index >= 15 is 0 Å². The number of Topliss-reactive ketones (excluding diaryl/α,β-unsaturated/α-hetero) is 1. The van der Waals surface area contributed by atoms with Crippen LogP contribution in [0, 0.1) is 19.7 Å². The second-order valence-electron chi connectivity index (χ2n) is 7.57. The van der Waals surface area contributed by atoms with Crippen molar-refractivity contribution in [3.05, 3.63) is 58.2 Å². The lowest BCUT2D eigenvalue weighted by molar-refractivity contribution is 0.0599. The summed E-state index contributed by atoms with van der Waals surface area (Å²) in [6.07, 6.45) is 0.963. The zero-order valence-corrected chi connectivity index (χ0v) is 17.3. The van der Waals surface area contributed by atoms with Gasteiger partial charge >= 0.3 is 5.97 Å². The van der Waals surface area contributed by atoms with Crippen LogP contribution < -0.4 is 0 Å². The Kier molecular flexibility index (Phi) is 6.82. The van der Waals surface area contributed by atoms with E-state index < -0.39 is 5.97 Å². The summed E-state index contributed by atoms with van der Waals surface area (Å²) in [7, 11) is 1.34. The molecule has 2 heterocycles. The lowest BCUT2D eigenvalue weighted by Gasteiger charge is -2.21. The molecule has 0 amide bonds. The number of carbonyl (C=O) groups excluding carboxylic acids is 2. The van der Waals surface area contributed by atoms with Gasteiger partial charge in [-0.15, -0.1) is 0 Å². The molecule has 0 aliphatic carbocycles. The quantitative estimate of drug-likeness (QED) is 0.596. The highest BCUT2D eigenvalue weighted by Crippen LogP contribution is 2.20. The number of nitrogens with zero attached hydrogens (tertiary/aromatic N) is 2. The molecule has 1 aliphatic rings. The lowest BCUT2D eigenvalue weighted by Crippen LogP contribution is -2.34. The minimum atomic E-state index is -0.429. The Bertz CT molecular complexity index is 876. The topological polar surface area (TPSA) is 65.6 Å². The average molecular weight is 401 g/mol. The van der Waals surface area contributed by atoms with E-state index in [-0.39, 0.29) is 11.6 Å². The van der Waals surface area contributed by atoms with Crippen LogP contribution in [0.1, 0.15) is 44.1 Å². The highest BCUT2D eigenvalue weighted by Gasteiger charge is 2.24. The second-order valence-corrected chi connectivity index (χ2v) is 7.57. The van der Waals surface area contributed by atoms with Crippen molar-refractivity contribution in [3.8, 4) is 0 Å². The van der Waals surface area contributed by atoms with E-state index in [1.165, 1.54) is 19.2 Å². The predicted octanol–water partition coefficient (Wildman–Crippen LogP) is 2.95. The largest absolute Gasteiger partial charge is 0.465 e. The van der Waals surface area contributed by atoms with Crippen LogP contribution in [0.15, 0.2) is 24.3 Å². The standard InChI is InChI=1S/C22H28FN3O3/c1-15-20(22(28)29-3)16(2)24-21(15)19(27)14-26-10-4-9-25(11-12-26)13-17-5-7-18(23)8-6-17/h5-8,24H,4,9-14H2,1-3H3. The fourth-order valence-electron chi connectivity index (χ4n) is 3.91. The molecular weight excluding hydrogens is 373 g/mol. The molecule has 1 N–H and O–H groups in total. The van der Waals surface area contributed by atoms with Gasteiger partial charge in [0.1, 0.15) is 5.82 Å². The molecule has 1 aromatic heterocycles. The molecular formula is C22H28FN3O3. The van der Waals surface area contributed by atoms with Crippen LogP contribution in [0.25, 0.3) is 0 Å². The zero-order chi connectivity index (χ0) is 21.0. The first kappa shape index (κ1) is 21.2. The summed E-state index contributed by atoms with van der Waals surface area (Å²) in [6.45, 7) is 8.05. The van der Waals surface area contributed by atoms with E-state index in [0.29, 0.717) is 29.1 Å². The number of benzene rings is 1. The molecule has 2 aromatic rings. The monoisotopic (exact) mass is 401 g/mol. The van der Waals surface area contributed by atoms with Crippen LogP contribution in [0.5, 0.6) is 0 Å². The van der Waals surface area contributed by atoms with E-state index in [2.05, 4.69) is 14.8 Å². The number of halogens is 1. The minimum absolute atomic E-state index is 0.0206. The highest BCUT2D eigenvalue weighted by molar-refractivity contribution is 6.02. The highest BCUT2D eigenvalue weighted by atomic mass is 19.1. The Morgan fingerprint density at radius 2 is 1.72 bits per heavy atom. The van der Waals surface area contributed by atoms with Gasteiger partial charge in [-0.25, -0.2) is 9.18 Å². The summed E-state index contributed by atoms with van der Waals surface area (Å²) in [5, 5.41) is 0. The van der Waals surface area contributed by atoms with E-state index in [1.807, 2.05) is 12.1 Å². The van der Waals surface area contributed by atoms with E-state index in [0.717, 1.165) is 44.7 Å². The van der Waals surface area contributed by atoms with Gasteiger partial charge < -0.3 is 9.72 Å². The van der Waals surface area contributed by atoms with Crippen LogP contribution in [0.2, 0.25) is 0 Å². The molecule has 156 valence electrons. The summed E-state index contributed by atoms with van der Waals surface area (Å²) in [4.78, 5) is 32.3. The van der Waals surface area contributed by atoms with E-state index in [9.17, 15) is 14.0 Å². The number of rotatable bonds is 6. The van der Waals surface area contributed by atoms with Crippen LogP contribution in [0.3, 0.4) is 0 Å². The molecule has 0 spiro atoms. The minimum Gasteiger partial charge on any atom is -0.465 e. The first-order valence-corrected chi connectivity index (χ1v) is 9.89. The van der Waals surface area contributed by atoms with Crippen LogP contribution in [-0.2, 0) is 11.3 Å². The van der Waals surface area contributed by atoms with Crippen molar-refractivity contribution in [1.82, 2.24) is 14.8 Å². The molecule has 29 heavy (non-hydrogen) atoms. The fourth-order valence-corrected chi connectivity index (χ4v) is 3.91. The number of H-pyrrole nitrogens is 1. The van der Waals surface area contributed by atoms with Crippen molar-refractivity contribution < 1.29 is 18.7 Å². The maximum Gasteiger partial charge on any atom is 0.339 e. The maximum absolute atomic E-state index is 13.1. The Balaban J connectivity index is 1.59. The van der Waals surface area contributed by atoms with Crippen LogP contribution >= 0.6 is 0 Å². The summed E-state index contributed by atoms with van der Waals surface area (Å²) in [5.74, 6) is -0.672. The molecule has 0 unspecified atom stereocenters. The number of hydrogen-bond acceptors (Lipinski definition) is 5. The Hall–Kier alpha value is -2.51. The van der Waals surface area contributed by atoms with Gasteiger partial charge in [-0.3, -0.25) is 14.6 Å². The number of methoxy groups -OCH3 is 1. The SMILES string of the molecule is COC(=O)c1c(C)[nH]c(C(=O)CN2CCCN(Cc3ccc(F)cc3)CC2)c1C. The van der Waals surface area contributed by atoms with Crippen molar-refractivity contribution in [2.45, 2.75) is 26.8 Å². The Morgan fingerprint density at radius 3 is 2.41 bits per heavy atom. The summed E-state index contributed by atoms with van der Waals surface area (Å²) >= 11 is 0. The van der Waals surface area contributed by atoms with Gasteiger partial charge in [-0.05, 0) is 56.6 Å². The van der Waals surface area contributed by atoms with Gasteiger partial charge in [0.05, 0.1) is 24.9 Å². The molecule has 3 rings (SSSR count). The molecule has 6 nitrogen and oxygen atoms in total. The number of ketones is 1. The van der Waals surface area contributed by atoms with Gasteiger partial charge in [0.15, 0.2) is 5.78 Å². The molecule has 1 fully saturated rings. The summed E-state index contributed by atoms with van der Waals surface area (Å²) < 4.78 is 17.9. The molecule has 0 bridgehead atoms. The third-order valence-corrected chi connectivity index (χ3v) is 5.47. The molecule has 0 atom stereocenters. The zero-order valence-electron chi connectivity index (χ0n) is 17.3. The third-order valence-electron chi connectivity index (χ3n) is 5.47.